The first-order valence-corrected chi connectivity index (χ1v) is 12.2. The van der Waals surface area contributed by atoms with E-state index in [4.69, 9.17) is 0 Å². The number of hydrogen-bond acceptors (Lipinski definition) is 4. The van der Waals surface area contributed by atoms with Crippen molar-refractivity contribution in [2.45, 2.75) is 45.7 Å². The zero-order valence-corrected chi connectivity index (χ0v) is 19.2. The molecule has 31 heavy (non-hydrogen) atoms. The van der Waals surface area contributed by atoms with E-state index in [1.807, 2.05) is 31.2 Å². The molecular formula is C25H33N3O2S. The number of hydrogen-bond donors (Lipinski definition) is 2. The fourth-order valence-electron chi connectivity index (χ4n) is 3.64. The number of carbonyl (C=O) groups excluding carboxylic acids is 2. The fourth-order valence-corrected chi connectivity index (χ4v) is 4.28. The summed E-state index contributed by atoms with van der Waals surface area (Å²) in [5.74, 6) is 0.379. The number of likely N-dealkylation sites (tertiary alicyclic amines) is 1. The van der Waals surface area contributed by atoms with Crippen LogP contribution in [0, 0.1) is 6.92 Å². The summed E-state index contributed by atoms with van der Waals surface area (Å²) in [4.78, 5) is 26.6. The first-order chi connectivity index (χ1) is 15.1. The van der Waals surface area contributed by atoms with E-state index in [9.17, 15) is 9.59 Å². The van der Waals surface area contributed by atoms with Crippen LogP contribution in [0.4, 0.5) is 5.69 Å². The molecule has 166 valence electrons. The molecule has 0 unspecified atom stereocenters. The van der Waals surface area contributed by atoms with Crippen molar-refractivity contribution in [3.8, 4) is 0 Å². The highest BCUT2D eigenvalue weighted by Crippen LogP contribution is 2.14. The standard InChI is InChI=1S/C25H33N3O2S/c1-20-6-12-23(13-7-20)27-25(30)19-31-18-24(29)26-16-21-8-10-22(11-9-21)17-28-14-4-2-3-5-15-28/h6-13H,2-5,14-19H2,1H3,(H,26,29)(H,27,30). The number of thioether (sulfide) groups is 1. The molecule has 2 aromatic rings. The molecule has 0 aliphatic carbocycles. The van der Waals surface area contributed by atoms with Crippen molar-refractivity contribution in [2.24, 2.45) is 0 Å². The van der Waals surface area contributed by atoms with Gasteiger partial charge in [0.15, 0.2) is 0 Å². The summed E-state index contributed by atoms with van der Waals surface area (Å²) in [5.41, 5.74) is 4.35. The van der Waals surface area contributed by atoms with Gasteiger partial charge in [0, 0.05) is 18.8 Å². The third kappa shape index (κ3) is 8.75. The lowest BCUT2D eigenvalue weighted by Crippen LogP contribution is -2.26. The smallest absolute Gasteiger partial charge is 0.234 e. The first kappa shape index (κ1) is 23.4. The normalized spacial score (nSPS) is 14.6. The molecule has 0 atom stereocenters. The van der Waals surface area contributed by atoms with Crippen molar-refractivity contribution in [3.05, 3.63) is 65.2 Å². The van der Waals surface area contributed by atoms with Crippen LogP contribution in [-0.2, 0) is 22.7 Å². The lowest BCUT2D eigenvalue weighted by Gasteiger charge is -2.19. The molecule has 1 fully saturated rings. The molecule has 3 rings (SSSR count). The van der Waals surface area contributed by atoms with E-state index in [1.54, 1.807) is 0 Å². The monoisotopic (exact) mass is 439 g/mol. The average Bonchev–Trinajstić information content (AvgIpc) is 3.03. The van der Waals surface area contributed by atoms with Crippen LogP contribution >= 0.6 is 11.8 Å². The molecule has 1 aliphatic rings. The Hall–Kier alpha value is -2.31. The molecule has 1 heterocycles. The molecule has 0 bridgehead atoms. The van der Waals surface area contributed by atoms with Gasteiger partial charge in [-0.15, -0.1) is 11.8 Å². The van der Waals surface area contributed by atoms with E-state index in [0.29, 0.717) is 6.54 Å². The van der Waals surface area contributed by atoms with Gasteiger partial charge in [0.25, 0.3) is 0 Å². The van der Waals surface area contributed by atoms with E-state index in [-0.39, 0.29) is 23.3 Å². The Kier molecular flexibility index (Phi) is 9.43. The highest BCUT2D eigenvalue weighted by molar-refractivity contribution is 8.00. The van der Waals surface area contributed by atoms with Gasteiger partial charge in [-0.2, -0.15) is 0 Å². The van der Waals surface area contributed by atoms with Gasteiger partial charge in [-0.3, -0.25) is 14.5 Å². The molecule has 2 aromatic carbocycles. The molecular weight excluding hydrogens is 406 g/mol. The van der Waals surface area contributed by atoms with E-state index < -0.39 is 0 Å². The predicted octanol–water partition coefficient (Wildman–Crippen LogP) is 4.36. The average molecular weight is 440 g/mol. The number of benzene rings is 2. The second-order valence-electron chi connectivity index (χ2n) is 8.19. The Labute approximate surface area is 190 Å². The van der Waals surface area contributed by atoms with Crippen LogP contribution in [0.15, 0.2) is 48.5 Å². The van der Waals surface area contributed by atoms with Gasteiger partial charge in [-0.05, 0) is 56.1 Å². The number of nitrogens with zero attached hydrogens (tertiary/aromatic N) is 1. The van der Waals surface area contributed by atoms with Crippen LogP contribution in [0.25, 0.3) is 0 Å². The second-order valence-corrected chi connectivity index (χ2v) is 9.18. The third-order valence-electron chi connectivity index (χ3n) is 5.42. The lowest BCUT2D eigenvalue weighted by molar-refractivity contribution is -0.118. The minimum atomic E-state index is -0.0957. The van der Waals surface area contributed by atoms with Crippen LogP contribution in [0.2, 0.25) is 0 Å². The van der Waals surface area contributed by atoms with Crippen molar-refractivity contribution in [1.82, 2.24) is 10.2 Å². The van der Waals surface area contributed by atoms with Gasteiger partial charge in [-0.25, -0.2) is 0 Å². The Morgan fingerprint density at radius 3 is 2.13 bits per heavy atom. The Balaban J connectivity index is 1.31. The quantitative estimate of drug-likeness (QED) is 0.609. The molecule has 1 aliphatic heterocycles. The minimum absolute atomic E-state index is 0.0539. The fraction of sp³-hybridized carbons (Fsp3) is 0.440. The zero-order chi connectivity index (χ0) is 21.9. The minimum Gasteiger partial charge on any atom is -0.351 e. The van der Waals surface area contributed by atoms with Gasteiger partial charge in [0.2, 0.25) is 11.8 Å². The topological polar surface area (TPSA) is 61.4 Å². The number of nitrogens with one attached hydrogen (secondary N) is 2. The van der Waals surface area contributed by atoms with Gasteiger partial charge in [0.1, 0.15) is 0 Å². The van der Waals surface area contributed by atoms with E-state index in [2.05, 4.69) is 39.8 Å². The molecule has 2 N–H and O–H groups in total. The highest BCUT2D eigenvalue weighted by Gasteiger charge is 2.10. The van der Waals surface area contributed by atoms with Crippen LogP contribution in [0.5, 0.6) is 0 Å². The number of carbonyl (C=O) groups is 2. The summed E-state index contributed by atoms with van der Waals surface area (Å²) in [5, 5.41) is 5.78. The molecule has 6 heteroatoms. The predicted molar refractivity (Wildman–Crippen MR) is 129 cm³/mol. The lowest BCUT2D eigenvalue weighted by atomic mass is 10.1. The van der Waals surface area contributed by atoms with Crippen molar-refractivity contribution >= 4 is 29.3 Å². The Bertz CT molecular complexity index is 829. The SMILES string of the molecule is Cc1ccc(NC(=O)CSCC(=O)NCc2ccc(CN3CCCCCC3)cc2)cc1. The summed E-state index contributed by atoms with van der Waals surface area (Å²) in [6, 6.07) is 16.2. The molecule has 2 amide bonds. The van der Waals surface area contributed by atoms with Crippen molar-refractivity contribution in [1.29, 1.82) is 0 Å². The largest absolute Gasteiger partial charge is 0.351 e. The van der Waals surface area contributed by atoms with Crippen LogP contribution in [0.1, 0.15) is 42.4 Å². The number of amides is 2. The Morgan fingerprint density at radius 2 is 1.45 bits per heavy atom. The zero-order valence-electron chi connectivity index (χ0n) is 18.4. The molecule has 0 spiro atoms. The van der Waals surface area contributed by atoms with E-state index in [1.165, 1.54) is 56.1 Å². The van der Waals surface area contributed by atoms with Crippen LogP contribution in [-0.4, -0.2) is 41.3 Å². The summed E-state index contributed by atoms with van der Waals surface area (Å²) >= 11 is 1.32. The molecule has 0 saturated carbocycles. The maximum Gasteiger partial charge on any atom is 0.234 e. The molecule has 1 saturated heterocycles. The van der Waals surface area contributed by atoms with Gasteiger partial charge in [-0.1, -0.05) is 54.8 Å². The number of anilines is 1. The third-order valence-corrected chi connectivity index (χ3v) is 6.35. The summed E-state index contributed by atoms with van der Waals surface area (Å²) < 4.78 is 0. The molecule has 5 nitrogen and oxygen atoms in total. The molecule has 0 radical (unpaired) electrons. The second kappa shape index (κ2) is 12.5. The van der Waals surface area contributed by atoms with Crippen molar-refractivity contribution in [3.63, 3.8) is 0 Å². The summed E-state index contributed by atoms with van der Waals surface area (Å²) in [7, 11) is 0. The van der Waals surface area contributed by atoms with E-state index >= 15 is 0 Å². The van der Waals surface area contributed by atoms with Gasteiger partial charge < -0.3 is 10.6 Å². The van der Waals surface area contributed by atoms with Crippen molar-refractivity contribution in [2.75, 3.05) is 29.9 Å². The van der Waals surface area contributed by atoms with E-state index in [0.717, 1.165) is 23.4 Å². The van der Waals surface area contributed by atoms with Crippen molar-refractivity contribution < 1.29 is 9.59 Å². The maximum absolute atomic E-state index is 12.1. The maximum atomic E-state index is 12.1. The van der Waals surface area contributed by atoms with Crippen LogP contribution < -0.4 is 10.6 Å². The van der Waals surface area contributed by atoms with Crippen LogP contribution in [0.3, 0.4) is 0 Å². The van der Waals surface area contributed by atoms with Gasteiger partial charge >= 0.3 is 0 Å². The molecule has 0 aromatic heterocycles. The number of aryl methyl sites for hydroxylation is 1. The van der Waals surface area contributed by atoms with Gasteiger partial charge in [0.05, 0.1) is 11.5 Å². The highest BCUT2D eigenvalue weighted by atomic mass is 32.2. The number of rotatable bonds is 9. The Morgan fingerprint density at radius 1 is 0.839 bits per heavy atom. The summed E-state index contributed by atoms with van der Waals surface area (Å²) in [6.07, 6.45) is 5.31. The summed E-state index contributed by atoms with van der Waals surface area (Å²) in [6.45, 7) is 5.91. The first-order valence-electron chi connectivity index (χ1n) is 11.1.